The molecule has 3 nitrogen and oxygen atoms in total. The summed E-state index contributed by atoms with van der Waals surface area (Å²) in [6.07, 6.45) is 5.12. The molecule has 0 aliphatic rings. The smallest absolute Gasteiger partial charge is 0.336 e. The van der Waals surface area contributed by atoms with Crippen LogP contribution in [0, 0.1) is 0 Å². The van der Waals surface area contributed by atoms with E-state index < -0.39 is 5.97 Å². The molecule has 0 atom stereocenters. The lowest BCUT2D eigenvalue weighted by Crippen LogP contribution is -1.99. The fourth-order valence-electron chi connectivity index (χ4n) is 2.50. The summed E-state index contributed by atoms with van der Waals surface area (Å²) >= 11 is 0. The normalized spacial score (nSPS) is 11.0. The van der Waals surface area contributed by atoms with E-state index in [0.29, 0.717) is 5.56 Å². The maximum atomic E-state index is 11.3. The lowest BCUT2D eigenvalue weighted by atomic mass is 10.0. The van der Waals surface area contributed by atoms with Crippen LogP contribution in [-0.4, -0.2) is 15.6 Å². The number of fused-ring (bicyclic) bond motifs is 1. The molecule has 3 heteroatoms. The number of carboxylic acids is 1. The Kier molecular flexibility index (Phi) is 3.70. The van der Waals surface area contributed by atoms with Crippen LogP contribution < -0.4 is 0 Å². The van der Waals surface area contributed by atoms with E-state index in [1.54, 1.807) is 6.07 Å². The van der Waals surface area contributed by atoms with Crippen molar-refractivity contribution >= 4 is 16.9 Å². The number of hydrogen-bond acceptors (Lipinski definition) is 1. The minimum absolute atomic E-state index is 0.422. The zero-order valence-electron chi connectivity index (χ0n) is 10.9. The third-order valence-electron chi connectivity index (χ3n) is 3.20. The zero-order chi connectivity index (χ0) is 13.1. The number of rotatable bonds is 5. The zero-order valence-corrected chi connectivity index (χ0v) is 10.9. The fourth-order valence-corrected chi connectivity index (χ4v) is 2.50. The van der Waals surface area contributed by atoms with Crippen LogP contribution in [0.5, 0.6) is 0 Å². The minimum Gasteiger partial charge on any atom is -0.478 e. The van der Waals surface area contributed by atoms with Gasteiger partial charge >= 0.3 is 5.97 Å². The maximum absolute atomic E-state index is 11.3. The first-order chi connectivity index (χ1) is 8.69. The van der Waals surface area contributed by atoms with E-state index in [4.69, 9.17) is 0 Å². The Morgan fingerprint density at radius 3 is 2.67 bits per heavy atom. The third-order valence-corrected chi connectivity index (χ3v) is 3.20. The molecule has 1 heterocycles. The fraction of sp³-hybridized carbons (Fsp3) is 0.400. The Morgan fingerprint density at radius 1 is 1.28 bits per heavy atom. The topological polar surface area (TPSA) is 42.2 Å². The van der Waals surface area contributed by atoms with E-state index in [1.165, 1.54) is 0 Å². The van der Waals surface area contributed by atoms with Crippen LogP contribution in [0.4, 0.5) is 0 Å². The van der Waals surface area contributed by atoms with Crippen LogP contribution in [0.3, 0.4) is 0 Å². The van der Waals surface area contributed by atoms with Gasteiger partial charge in [0.15, 0.2) is 0 Å². The number of benzene rings is 1. The first kappa shape index (κ1) is 12.7. The molecule has 96 valence electrons. The van der Waals surface area contributed by atoms with Gasteiger partial charge in [-0.2, -0.15) is 0 Å². The van der Waals surface area contributed by atoms with Gasteiger partial charge in [0.1, 0.15) is 0 Å². The number of hydrogen-bond donors (Lipinski definition) is 1. The largest absolute Gasteiger partial charge is 0.478 e. The Bertz CT molecular complexity index is 569. The number of carbonyl (C=O) groups is 1. The predicted octanol–water partition coefficient (Wildman–Crippen LogP) is 3.70. The van der Waals surface area contributed by atoms with Crippen molar-refractivity contribution in [2.45, 2.75) is 39.7 Å². The lowest BCUT2D eigenvalue weighted by Gasteiger charge is -2.03. The minimum atomic E-state index is -0.841. The van der Waals surface area contributed by atoms with Gasteiger partial charge in [-0.1, -0.05) is 26.3 Å². The molecule has 0 amide bonds. The third kappa shape index (κ3) is 2.13. The van der Waals surface area contributed by atoms with E-state index in [1.807, 2.05) is 12.1 Å². The van der Waals surface area contributed by atoms with Gasteiger partial charge in [0.25, 0.3) is 0 Å². The van der Waals surface area contributed by atoms with Crippen LogP contribution in [0.25, 0.3) is 10.9 Å². The van der Waals surface area contributed by atoms with Gasteiger partial charge in [0.05, 0.1) is 5.56 Å². The summed E-state index contributed by atoms with van der Waals surface area (Å²) in [5, 5.41) is 10.2. The van der Waals surface area contributed by atoms with Gasteiger partial charge < -0.3 is 9.67 Å². The molecule has 0 aliphatic heterocycles. The van der Waals surface area contributed by atoms with Crippen LogP contribution in [-0.2, 0) is 13.0 Å². The molecule has 0 fully saturated rings. The molecule has 0 saturated carbocycles. The molecule has 1 aromatic heterocycles. The van der Waals surface area contributed by atoms with Crippen LogP contribution in [0.1, 0.15) is 42.6 Å². The second-order valence-electron chi connectivity index (χ2n) is 4.60. The lowest BCUT2D eigenvalue weighted by molar-refractivity contribution is 0.0699. The average molecular weight is 245 g/mol. The van der Waals surface area contributed by atoms with Gasteiger partial charge in [-0.3, -0.25) is 0 Å². The van der Waals surface area contributed by atoms with Gasteiger partial charge in [-0.25, -0.2) is 4.79 Å². The van der Waals surface area contributed by atoms with Crippen molar-refractivity contribution in [2.24, 2.45) is 0 Å². The number of carboxylic acid groups (broad SMARTS) is 1. The Labute approximate surface area is 107 Å². The summed E-state index contributed by atoms with van der Waals surface area (Å²) in [6.45, 7) is 5.18. The van der Waals surface area contributed by atoms with E-state index in [0.717, 1.165) is 42.3 Å². The van der Waals surface area contributed by atoms with Crippen LogP contribution in [0.2, 0.25) is 0 Å². The molecule has 0 radical (unpaired) electrons. The summed E-state index contributed by atoms with van der Waals surface area (Å²) in [4.78, 5) is 11.3. The summed E-state index contributed by atoms with van der Waals surface area (Å²) in [6, 6.07) is 5.53. The van der Waals surface area contributed by atoms with Gasteiger partial charge in [-0.05, 0) is 30.5 Å². The molecule has 1 aromatic carbocycles. The second-order valence-corrected chi connectivity index (χ2v) is 4.60. The van der Waals surface area contributed by atoms with Gasteiger partial charge in [-0.15, -0.1) is 0 Å². The average Bonchev–Trinajstić information content (AvgIpc) is 2.69. The molecular weight excluding hydrogens is 226 g/mol. The van der Waals surface area contributed by atoms with Gasteiger partial charge in [0.2, 0.25) is 0 Å². The second kappa shape index (κ2) is 5.25. The summed E-state index contributed by atoms with van der Waals surface area (Å²) in [5.41, 5.74) is 2.62. The Morgan fingerprint density at radius 2 is 2.06 bits per heavy atom. The molecule has 0 bridgehead atoms. The van der Waals surface area contributed by atoms with E-state index >= 15 is 0 Å². The van der Waals surface area contributed by atoms with Crippen molar-refractivity contribution in [1.82, 2.24) is 4.57 Å². The molecule has 0 spiro atoms. The molecule has 2 rings (SSSR count). The SMILES string of the molecule is CCCc1cn(CCC)c2cccc(C(=O)O)c12. The highest BCUT2D eigenvalue weighted by molar-refractivity contribution is 6.04. The molecule has 0 aliphatic carbocycles. The molecule has 2 aromatic rings. The van der Waals surface area contributed by atoms with Crippen molar-refractivity contribution in [3.05, 3.63) is 35.5 Å². The first-order valence-corrected chi connectivity index (χ1v) is 6.53. The predicted molar refractivity (Wildman–Crippen MR) is 73.2 cm³/mol. The summed E-state index contributed by atoms with van der Waals surface area (Å²) < 4.78 is 2.17. The Balaban J connectivity index is 2.70. The quantitative estimate of drug-likeness (QED) is 0.872. The highest BCUT2D eigenvalue weighted by Gasteiger charge is 2.15. The van der Waals surface area contributed by atoms with Crippen LogP contribution >= 0.6 is 0 Å². The van der Waals surface area contributed by atoms with E-state index in [9.17, 15) is 9.90 Å². The van der Waals surface area contributed by atoms with E-state index in [2.05, 4.69) is 24.6 Å². The van der Waals surface area contributed by atoms with Crippen molar-refractivity contribution in [3.8, 4) is 0 Å². The highest BCUT2D eigenvalue weighted by Crippen LogP contribution is 2.26. The molecule has 0 unspecified atom stereocenters. The standard InChI is InChI=1S/C15H19NO2/c1-3-6-11-10-16(9-4-2)13-8-5-7-12(14(11)13)15(17)18/h5,7-8,10H,3-4,6,9H2,1-2H3,(H,17,18). The number of aromatic carboxylic acids is 1. The maximum Gasteiger partial charge on any atom is 0.336 e. The van der Waals surface area contributed by atoms with Crippen LogP contribution in [0.15, 0.2) is 24.4 Å². The van der Waals surface area contributed by atoms with Crippen molar-refractivity contribution < 1.29 is 9.90 Å². The number of aromatic nitrogens is 1. The van der Waals surface area contributed by atoms with Crippen molar-refractivity contribution in [3.63, 3.8) is 0 Å². The number of nitrogens with zero attached hydrogens (tertiary/aromatic N) is 1. The molecule has 1 N–H and O–H groups in total. The summed E-state index contributed by atoms with van der Waals surface area (Å²) in [5.74, 6) is -0.841. The summed E-state index contributed by atoms with van der Waals surface area (Å²) in [7, 11) is 0. The highest BCUT2D eigenvalue weighted by atomic mass is 16.4. The van der Waals surface area contributed by atoms with Crippen molar-refractivity contribution in [1.29, 1.82) is 0 Å². The number of aryl methyl sites for hydroxylation is 2. The first-order valence-electron chi connectivity index (χ1n) is 6.53. The van der Waals surface area contributed by atoms with Crippen molar-refractivity contribution in [2.75, 3.05) is 0 Å². The van der Waals surface area contributed by atoms with E-state index in [-0.39, 0.29) is 0 Å². The van der Waals surface area contributed by atoms with Gasteiger partial charge in [0, 0.05) is 23.6 Å². The monoisotopic (exact) mass is 245 g/mol. The molecule has 18 heavy (non-hydrogen) atoms. The molecular formula is C15H19NO2. The Hall–Kier alpha value is -1.77. The molecule has 0 saturated heterocycles.